The van der Waals surface area contributed by atoms with E-state index in [2.05, 4.69) is 51.1 Å². The van der Waals surface area contributed by atoms with Crippen LogP contribution in [-0.2, 0) is 0 Å². The average molecular weight is 273 g/mol. The van der Waals surface area contributed by atoms with Crippen molar-refractivity contribution < 1.29 is 0 Å². The Kier molecular flexibility index (Phi) is 2.20. The molecule has 0 aliphatic carbocycles. The molecule has 0 spiro atoms. The molecule has 0 aliphatic heterocycles. The first kappa shape index (κ1) is 10.1. The molecule has 80 valence electrons. The Hall–Kier alpha value is -1.04. The Bertz CT molecular complexity index is 689. The van der Waals surface area contributed by atoms with Crippen LogP contribution >= 0.6 is 0 Å². The molecule has 0 radical (unpaired) electrons. The monoisotopic (exact) mass is 274 g/mol. The molecule has 0 fully saturated rings. The van der Waals surface area contributed by atoms with Crippen molar-refractivity contribution >= 4 is 33.8 Å². The molecule has 3 aromatic rings. The van der Waals surface area contributed by atoms with E-state index in [1.807, 2.05) is 0 Å². The van der Waals surface area contributed by atoms with Crippen LogP contribution in [0.4, 0.5) is 0 Å². The maximum absolute atomic E-state index is 2.38. The van der Waals surface area contributed by atoms with Gasteiger partial charge < -0.3 is 0 Å². The second kappa shape index (κ2) is 3.48. The van der Waals surface area contributed by atoms with E-state index in [9.17, 15) is 0 Å². The van der Waals surface area contributed by atoms with Gasteiger partial charge in [0.25, 0.3) is 0 Å². The maximum atomic E-state index is 2.38. The van der Waals surface area contributed by atoms with Crippen molar-refractivity contribution in [2.75, 3.05) is 0 Å². The summed E-state index contributed by atoms with van der Waals surface area (Å²) in [5, 5.41) is 2.93. The molecule has 0 aliphatic rings. The molecular weight excluding hydrogens is 259 g/mol. The molecule has 0 N–H and O–H groups in total. The summed E-state index contributed by atoms with van der Waals surface area (Å²) < 4.78 is 3.10. The number of fused-ring (bicyclic) bond motifs is 3. The second-order valence-electron chi connectivity index (χ2n) is 4.53. The van der Waals surface area contributed by atoms with Gasteiger partial charge in [0.1, 0.15) is 0 Å². The van der Waals surface area contributed by atoms with E-state index in [0.29, 0.717) is 14.5 Å². The van der Waals surface area contributed by atoms with Crippen LogP contribution in [0.25, 0.3) is 19.3 Å². The number of hydrogen-bond acceptors (Lipinski definition) is 0. The van der Waals surface area contributed by atoms with Crippen molar-refractivity contribution in [3.05, 3.63) is 47.0 Å². The minimum absolute atomic E-state index is 0.509. The van der Waals surface area contributed by atoms with Crippen LogP contribution in [0.15, 0.2) is 30.3 Å². The Balaban J connectivity index is 2.51. The van der Waals surface area contributed by atoms with Crippen molar-refractivity contribution in [1.29, 1.82) is 0 Å². The summed E-state index contributed by atoms with van der Waals surface area (Å²) in [4.78, 5) is 0. The first-order chi connectivity index (χ1) is 7.65. The number of benzene rings is 2. The molecule has 0 saturated carbocycles. The van der Waals surface area contributed by atoms with Crippen molar-refractivity contribution in [3.63, 3.8) is 0 Å². The van der Waals surface area contributed by atoms with Gasteiger partial charge in [-0.1, -0.05) is 0 Å². The SMILES string of the molecule is Cc1ccc2c(c1)[se]c1cc(C)c(C)cc12. The first-order valence-corrected chi connectivity index (χ1v) is 7.26. The van der Waals surface area contributed by atoms with Crippen molar-refractivity contribution in [2.24, 2.45) is 0 Å². The molecule has 0 saturated heterocycles. The fourth-order valence-corrected chi connectivity index (χ4v) is 4.83. The quantitative estimate of drug-likeness (QED) is 0.544. The van der Waals surface area contributed by atoms with Crippen LogP contribution in [0.3, 0.4) is 0 Å². The van der Waals surface area contributed by atoms with E-state index in [0.717, 1.165) is 0 Å². The van der Waals surface area contributed by atoms with E-state index >= 15 is 0 Å². The third-order valence-electron chi connectivity index (χ3n) is 3.24. The molecular formula is C15H14Se. The van der Waals surface area contributed by atoms with E-state index in [4.69, 9.17) is 0 Å². The number of rotatable bonds is 0. The van der Waals surface area contributed by atoms with E-state index < -0.39 is 0 Å². The summed E-state index contributed by atoms with van der Waals surface area (Å²) in [5.41, 5.74) is 4.20. The predicted octanol–water partition coefficient (Wildman–Crippen LogP) is 3.98. The van der Waals surface area contributed by atoms with E-state index in [1.165, 1.54) is 27.5 Å². The first-order valence-electron chi connectivity index (χ1n) is 5.55. The van der Waals surface area contributed by atoms with Gasteiger partial charge in [-0.2, -0.15) is 0 Å². The molecule has 0 nitrogen and oxygen atoms in total. The molecule has 0 bridgehead atoms. The van der Waals surface area contributed by atoms with Gasteiger partial charge in [-0.3, -0.25) is 0 Å². The van der Waals surface area contributed by atoms with Gasteiger partial charge in [0.15, 0.2) is 0 Å². The molecule has 0 atom stereocenters. The Morgan fingerprint density at radius 3 is 2.25 bits per heavy atom. The zero-order valence-electron chi connectivity index (χ0n) is 9.79. The predicted molar refractivity (Wildman–Crippen MR) is 72.6 cm³/mol. The zero-order chi connectivity index (χ0) is 11.3. The minimum atomic E-state index is 0.509. The fourth-order valence-electron chi connectivity index (χ4n) is 2.14. The molecule has 1 aromatic heterocycles. The molecule has 1 heterocycles. The Morgan fingerprint density at radius 1 is 0.750 bits per heavy atom. The van der Waals surface area contributed by atoms with Crippen LogP contribution in [0, 0.1) is 20.8 Å². The molecule has 1 heteroatoms. The van der Waals surface area contributed by atoms with Crippen LogP contribution in [0.2, 0.25) is 0 Å². The number of hydrogen-bond donors (Lipinski definition) is 0. The van der Waals surface area contributed by atoms with Gasteiger partial charge in [-0.25, -0.2) is 0 Å². The Morgan fingerprint density at radius 2 is 1.44 bits per heavy atom. The summed E-state index contributed by atoms with van der Waals surface area (Å²) in [6, 6.07) is 11.6. The normalized spacial score (nSPS) is 11.4. The fraction of sp³-hybridized carbons (Fsp3) is 0.200. The summed E-state index contributed by atoms with van der Waals surface area (Å²) >= 11 is 0.509. The van der Waals surface area contributed by atoms with Crippen LogP contribution in [0.1, 0.15) is 16.7 Å². The third-order valence-corrected chi connectivity index (χ3v) is 5.58. The standard InChI is InChI=1S/C15H14Se/c1-9-4-5-12-13-7-10(2)11(3)8-15(13)16-14(12)6-9/h4-8H,1-3H3. The van der Waals surface area contributed by atoms with Gasteiger partial charge >= 0.3 is 102 Å². The molecule has 0 unspecified atom stereocenters. The number of aryl methyl sites for hydroxylation is 3. The third kappa shape index (κ3) is 1.43. The summed E-state index contributed by atoms with van der Waals surface area (Å²) in [7, 11) is 0. The summed E-state index contributed by atoms with van der Waals surface area (Å²) in [5.74, 6) is 0. The van der Waals surface area contributed by atoms with Crippen LogP contribution in [0.5, 0.6) is 0 Å². The molecule has 16 heavy (non-hydrogen) atoms. The zero-order valence-corrected chi connectivity index (χ0v) is 11.5. The Labute approximate surface area is 102 Å². The summed E-state index contributed by atoms with van der Waals surface area (Å²) in [6.07, 6.45) is 0. The van der Waals surface area contributed by atoms with Gasteiger partial charge in [-0.15, -0.1) is 0 Å². The summed E-state index contributed by atoms with van der Waals surface area (Å²) in [6.45, 7) is 6.59. The van der Waals surface area contributed by atoms with E-state index in [1.54, 1.807) is 8.52 Å². The van der Waals surface area contributed by atoms with Gasteiger partial charge in [0.05, 0.1) is 0 Å². The van der Waals surface area contributed by atoms with Gasteiger partial charge in [-0.05, 0) is 0 Å². The molecule has 3 rings (SSSR count). The topological polar surface area (TPSA) is 0 Å². The van der Waals surface area contributed by atoms with Gasteiger partial charge in [0, 0.05) is 0 Å². The van der Waals surface area contributed by atoms with Crippen LogP contribution < -0.4 is 0 Å². The van der Waals surface area contributed by atoms with E-state index in [-0.39, 0.29) is 0 Å². The van der Waals surface area contributed by atoms with Crippen LogP contribution in [-0.4, -0.2) is 14.5 Å². The van der Waals surface area contributed by atoms with Gasteiger partial charge in [0.2, 0.25) is 0 Å². The average Bonchev–Trinajstić information content (AvgIpc) is 2.55. The van der Waals surface area contributed by atoms with Crippen molar-refractivity contribution in [2.45, 2.75) is 20.8 Å². The molecule has 2 aromatic carbocycles. The van der Waals surface area contributed by atoms with Crippen molar-refractivity contribution in [1.82, 2.24) is 0 Å². The second-order valence-corrected chi connectivity index (χ2v) is 6.81. The van der Waals surface area contributed by atoms with Crippen molar-refractivity contribution in [3.8, 4) is 0 Å². The molecule has 0 amide bonds.